The molecule has 0 spiro atoms. The molecule has 3 N–H and O–H groups in total. The van der Waals surface area contributed by atoms with Crippen molar-refractivity contribution in [1.82, 2.24) is 10.6 Å². The summed E-state index contributed by atoms with van der Waals surface area (Å²) in [4.78, 5) is 45.8. The Morgan fingerprint density at radius 1 is 1.27 bits per heavy atom. The highest BCUT2D eigenvalue weighted by Crippen LogP contribution is 2.13. The SMILES string of the molecule is COC(=O)[C@@H](NC(=O)[C@H](C)NC(=O)Cc1cccc([N+](=O)[O-])c1)[C@@H](C)O. The van der Waals surface area contributed by atoms with Crippen molar-refractivity contribution < 1.29 is 29.2 Å². The number of hydrogen-bond donors (Lipinski definition) is 3. The van der Waals surface area contributed by atoms with Crippen LogP contribution in [-0.2, 0) is 25.5 Å². The first kappa shape index (κ1) is 21.0. The minimum absolute atomic E-state index is 0.140. The summed E-state index contributed by atoms with van der Waals surface area (Å²) < 4.78 is 4.49. The standard InChI is InChI=1S/C16H21N3O7/c1-9(15(22)18-14(10(2)20)16(23)26-3)17-13(21)8-11-5-4-6-12(7-11)19(24)25/h4-7,9-10,14,20H,8H2,1-3H3,(H,17,21)(H,18,22)/t9-,10+,14-/m0/s1. The molecule has 0 heterocycles. The van der Waals surface area contributed by atoms with Gasteiger partial charge in [-0.05, 0) is 19.4 Å². The zero-order valence-corrected chi connectivity index (χ0v) is 14.6. The highest BCUT2D eigenvalue weighted by Gasteiger charge is 2.28. The Morgan fingerprint density at radius 3 is 2.46 bits per heavy atom. The van der Waals surface area contributed by atoms with E-state index in [2.05, 4.69) is 15.4 Å². The number of hydrogen-bond acceptors (Lipinski definition) is 7. The number of nitro benzene ring substituents is 1. The van der Waals surface area contributed by atoms with E-state index in [0.29, 0.717) is 5.56 Å². The number of ether oxygens (including phenoxy) is 1. The molecule has 1 rings (SSSR count). The lowest BCUT2D eigenvalue weighted by Gasteiger charge is -2.21. The molecule has 0 aromatic heterocycles. The topological polar surface area (TPSA) is 148 Å². The van der Waals surface area contributed by atoms with Crippen LogP contribution in [0.15, 0.2) is 24.3 Å². The second-order valence-electron chi connectivity index (χ2n) is 5.64. The molecule has 1 aromatic rings. The minimum Gasteiger partial charge on any atom is -0.467 e. The second-order valence-corrected chi connectivity index (χ2v) is 5.64. The highest BCUT2D eigenvalue weighted by atomic mass is 16.6. The predicted molar refractivity (Wildman–Crippen MR) is 90.0 cm³/mol. The smallest absolute Gasteiger partial charge is 0.331 e. The van der Waals surface area contributed by atoms with Crippen LogP contribution in [0.1, 0.15) is 19.4 Å². The van der Waals surface area contributed by atoms with E-state index in [1.807, 2.05) is 0 Å². The molecule has 10 nitrogen and oxygen atoms in total. The molecule has 10 heteroatoms. The second kappa shape index (κ2) is 9.47. The predicted octanol–water partition coefficient (Wildman–Crippen LogP) is -0.319. The van der Waals surface area contributed by atoms with E-state index in [4.69, 9.17) is 0 Å². The van der Waals surface area contributed by atoms with Gasteiger partial charge in [0.25, 0.3) is 5.69 Å². The third kappa shape index (κ3) is 6.13. The molecule has 0 bridgehead atoms. The van der Waals surface area contributed by atoms with E-state index in [0.717, 1.165) is 7.11 Å². The fourth-order valence-electron chi connectivity index (χ4n) is 2.11. The number of carbonyl (C=O) groups excluding carboxylic acids is 3. The largest absolute Gasteiger partial charge is 0.467 e. The van der Waals surface area contributed by atoms with Crippen LogP contribution in [0, 0.1) is 10.1 Å². The fraction of sp³-hybridized carbons (Fsp3) is 0.438. The van der Waals surface area contributed by atoms with Gasteiger partial charge >= 0.3 is 5.97 Å². The molecule has 0 radical (unpaired) electrons. The number of aliphatic hydroxyl groups excluding tert-OH is 1. The van der Waals surface area contributed by atoms with Crippen LogP contribution in [-0.4, -0.2) is 53.1 Å². The number of nitrogens with one attached hydrogen (secondary N) is 2. The molecule has 0 fully saturated rings. The highest BCUT2D eigenvalue weighted by molar-refractivity contribution is 5.91. The summed E-state index contributed by atoms with van der Waals surface area (Å²) in [6, 6.07) is 3.33. The number of benzene rings is 1. The van der Waals surface area contributed by atoms with E-state index < -0.39 is 40.9 Å². The summed E-state index contributed by atoms with van der Waals surface area (Å²) in [7, 11) is 1.12. The van der Waals surface area contributed by atoms with Crippen molar-refractivity contribution in [2.75, 3.05) is 7.11 Å². The average molecular weight is 367 g/mol. The molecule has 0 unspecified atom stereocenters. The lowest BCUT2D eigenvalue weighted by molar-refractivity contribution is -0.384. The third-order valence-electron chi connectivity index (χ3n) is 3.49. The monoisotopic (exact) mass is 367 g/mol. The molecule has 26 heavy (non-hydrogen) atoms. The van der Waals surface area contributed by atoms with Crippen LogP contribution in [0.2, 0.25) is 0 Å². The first-order valence-corrected chi connectivity index (χ1v) is 7.74. The summed E-state index contributed by atoms with van der Waals surface area (Å²) in [5.41, 5.74) is 0.277. The van der Waals surface area contributed by atoms with Crippen molar-refractivity contribution in [2.24, 2.45) is 0 Å². The molecular formula is C16H21N3O7. The van der Waals surface area contributed by atoms with Gasteiger partial charge in [-0.1, -0.05) is 12.1 Å². The number of esters is 1. The maximum absolute atomic E-state index is 12.1. The van der Waals surface area contributed by atoms with Gasteiger partial charge in [0.1, 0.15) is 6.04 Å². The third-order valence-corrected chi connectivity index (χ3v) is 3.49. The molecule has 0 aliphatic heterocycles. The zero-order valence-electron chi connectivity index (χ0n) is 14.6. The van der Waals surface area contributed by atoms with Gasteiger partial charge in [0.15, 0.2) is 6.04 Å². The van der Waals surface area contributed by atoms with Gasteiger partial charge in [0.05, 0.1) is 24.6 Å². The summed E-state index contributed by atoms with van der Waals surface area (Å²) in [6.45, 7) is 2.71. The van der Waals surface area contributed by atoms with Crippen LogP contribution in [0.3, 0.4) is 0 Å². The van der Waals surface area contributed by atoms with Crippen LogP contribution in [0.4, 0.5) is 5.69 Å². The van der Waals surface area contributed by atoms with Gasteiger partial charge in [-0.3, -0.25) is 19.7 Å². The Bertz CT molecular complexity index is 690. The molecular weight excluding hydrogens is 346 g/mol. The van der Waals surface area contributed by atoms with Gasteiger partial charge in [0.2, 0.25) is 11.8 Å². The zero-order chi connectivity index (χ0) is 19.9. The fourth-order valence-corrected chi connectivity index (χ4v) is 2.11. The summed E-state index contributed by atoms with van der Waals surface area (Å²) in [6.07, 6.45) is -1.34. The molecule has 0 aliphatic rings. The Morgan fingerprint density at radius 2 is 1.92 bits per heavy atom. The molecule has 1 aromatic carbocycles. The molecule has 0 aliphatic carbocycles. The number of nitro groups is 1. The van der Waals surface area contributed by atoms with E-state index in [1.165, 1.54) is 32.0 Å². The van der Waals surface area contributed by atoms with Crippen molar-refractivity contribution in [3.05, 3.63) is 39.9 Å². The van der Waals surface area contributed by atoms with Crippen LogP contribution >= 0.6 is 0 Å². The molecule has 0 saturated heterocycles. The first-order chi connectivity index (χ1) is 12.1. The summed E-state index contributed by atoms with van der Waals surface area (Å²) >= 11 is 0. The number of aliphatic hydroxyl groups is 1. The van der Waals surface area contributed by atoms with E-state index in [9.17, 15) is 29.6 Å². The van der Waals surface area contributed by atoms with Gasteiger partial charge in [0, 0.05) is 12.1 Å². The summed E-state index contributed by atoms with van der Waals surface area (Å²) in [5.74, 6) is -2.03. The molecule has 0 saturated carbocycles. The van der Waals surface area contributed by atoms with E-state index in [1.54, 1.807) is 6.07 Å². The van der Waals surface area contributed by atoms with E-state index in [-0.39, 0.29) is 12.1 Å². The quantitative estimate of drug-likeness (QED) is 0.324. The van der Waals surface area contributed by atoms with Crippen molar-refractivity contribution in [2.45, 2.75) is 38.5 Å². The maximum atomic E-state index is 12.1. The Balaban J connectivity index is 2.65. The number of amides is 2. The Hall–Kier alpha value is -3.01. The average Bonchev–Trinajstić information content (AvgIpc) is 2.58. The molecule has 142 valence electrons. The van der Waals surface area contributed by atoms with Gasteiger partial charge in [-0.15, -0.1) is 0 Å². The number of rotatable bonds is 8. The Labute approximate surface area is 149 Å². The minimum atomic E-state index is -1.26. The lowest BCUT2D eigenvalue weighted by atomic mass is 10.1. The molecule has 2 amide bonds. The van der Waals surface area contributed by atoms with Crippen molar-refractivity contribution in [3.8, 4) is 0 Å². The van der Waals surface area contributed by atoms with Crippen LogP contribution in [0.5, 0.6) is 0 Å². The molecule has 3 atom stereocenters. The van der Waals surface area contributed by atoms with Crippen LogP contribution < -0.4 is 10.6 Å². The number of methoxy groups -OCH3 is 1. The number of non-ortho nitro benzene ring substituents is 1. The van der Waals surface area contributed by atoms with Crippen molar-refractivity contribution in [3.63, 3.8) is 0 Å². The van der Waals surface area contributed by atoms with Crippen LogP contribution in [0.25, 0.3) is 0 Å². The van der Waals surface area contributed by atoms with Gasteiger partial charge in [-0.2, -0.15) is 0 Å². The van der Waals surface area contributed by atoms with Gasteiger partial charge in [-0.25, -0.2) is 4.79 Å². The van der Waals surface area contributed by atoms with Crippen molar-refractivity contribution in [1.29, 1.82) is 0 Å². The maximum Gasteiger partial charge on any atom is 0.331 e. The summed E-state index contributed by atoms with van der Waals surface area (Å²) in [5, 5.41) is 25.0. The number of carbonyl (C=O) groups is 3. The number of nitrogens with zero attached hydrogens (tertiary/aromatic N) is 1. The van der Waals surface area contributed by atoms with Crippen molar-refractivity contribution >= 4 is 23.5 Å². The lowest BCUT2D eigenvalue weighted by Crippen LogP contribution is -2.54. The Kier molecular flexibility index (Phi) is 7.66. The normalized spacial score (nSPS) is 13.8. The van der Waals surface area contributed by atoms with Gasteiger partial charge < -0.3 is 20.5 Å². The van der Waals surface area contributed by atoms with E-state index >= 15 is 0 Å². The first-order valence-electron chi connectivity index (χ1n) is 7.74.